The first-order valence-electron chi connectivity index (χ1n) is 9.11. The van der Waals surface area contributed by atoms with E-state index < -0.39 is 0 Å². The van der Waals surface area contributed by atoms with Crippen LogP contribution < -0.4 is 0 Å². The van der Waals surface area contributed by atoms with E-state index in [9.17, 15) is 14.7 Å². The number of aromatic hydroxyl groups is 1. The van der Waals surface area contributed by atoms with Gasteiger partial charge in [0.2, 0.25) is 5.91 Å². The van der Waals surface area contributed by atoms with Crippen molar-refractivity contribution in [3.63, 3.8) is 0 Å². The van der Waals surface area contributed by atoms with E-state index >= 15 is 0 Å². The summed E-state index contributed by atoms with van der Waals surface area (Å²) >= 11 is 0. The van der Waals surface area contributed by atoms with Crippen LogP contribution in [0, 0.1) is 0 Å². The van der Waals surface area contributed by atoms with Gasteiger partial charge in [0.1, 0.15) is 11.3 Å². The number of hydrogen-bond acceptors (Lipinski definition) is 4. The summed E-state index contributed by atoms with van der Waals surface area (Å²) in [6.45, 7) is 2.83. The van der Waals surface area contributed by atoms with Crippen molar-refractivity contribution in [2.75, 3.05) is 6.54 Å². The van der Waals surface area contributed by atoms with Gasteiger partial charge in [0.25, 0.3) is 0 Å². The summed E-state index contributed by atoms with van der Waals surface area (Å²) in [6.07, 6.45) is 3.60. The lowest BCUT2D eigenvalue weighted by Gasteiger charge is -2.21. The predicted octanol–water partition coefficient (Wildman–Crippen LogP) is 3.86. The van der Waals surface area contributed by atoms with Crippen molar-refractivity contribution in [2.45, 2.75) is 32.7 Å². The van der Waals surface area contributed by atoms with Crippen molar-refractivity contribution >= 4 is 22.7 Å². The molecule has 27 heavy (non-hydrogen) atoms. The molecule has 4 rings (SSSR count). The monoisotopic (exact) mass is 363 g/mol. The second kappa shape index (κ2) is 6.91. The molecule has 3 aromatic rings. The number of furan rings is 1. The van der Waals surface area contributed by atoms with Gasteiger partial charge in [0.15, 0.2) is 5.78 Å². The minimum Gasteiger partial charge on any atom is -0.508 e. The van der Waals surface area contributed by atoms with Crippen molar-refractivity contribution in [3.8, 4) is 5.75 Å². The number of nitrogens with zero attached hydrogens (tertiary/aromatic N) is 1. The number of aryl methyl sites for hydroxylation is 1. The fraction of sp³-hybridized carbons (Fsp3) is 0.273. The standard InChI is InChI=1S/C22H21NO4/c1-14(24)15-4-5-17-12-23(8-2-3-16(17)9-15)22(26)10-18-13-27-21-11-19(25)6-7-20(18)21/h4-7,9,11,13,25H,2-3,8,10,12H2,1H3. The maximum atomic E-state index is 12.9. The molecule has 0 fully saturated rings. The lowest BCUT2D eigenvalue weighted by atomic mass is 9.99. The number of Topliss-reactive ketones (excluding diaryl/α,β-unsaturated/α-hetero) is 1. The van der Waals surface area contributed by atoms with Crippen molar-refractivity contribution in [3.05, 3.63) is 64.9 Å². The first-order chi connectivity index (χ1) is 13.0. The summed E-state index contributed by atoms with van der Waals surface area (Å²) in [5.41, 5.74) is 4.39. The van der Waals surface area contributed by atoms with E-state index in [-0.39, 0.29) is 23.9 Å². The second-order valence-electron chi connectivity index (χ2n) is 7.08. The van der Waals surface area contributed by atoms with Crippen LogP contribution in [0.4, 0.5) is 0 Å². The van der Waals surface area contributed by atoms with E-state index in [1.165, 1.54) is 0 Å². The lowest BCUT2D eigenvalue weighted by molar-refractivity contribution is -0.131. The molecule has 0 saturated heterocycles. The van der Waals surface area contributed by atoms with Crippen LogP contribution in [-0.4, -0.2) is 28.2 Å². The molecule has 5 nitrogen and oxygen atoms in total. The van der Waals surface area contributed by atoms with Gasteiger partial charge in [-0.2, -0.15) is 0 Å². The second-order valence-corrected chi connectivity index (χ2v) is 7.08. The van der Waals surface area contributed by atoms with Crippen LogP contribution >= 0.6 is 0 Å². The van der Waals surface area contributed by atoms with Crippen LogP contribution in [0.3, 0.4) is 0 Å². The van der Waals surface area contributed by atoms with Gasteiger partial charge in [-0.3, -0.25) is 9.59 Å². The summed E-state index contributed by atoms with van der Waals surface area (Å²) in [6, 6.07) is 10.7. The fourth-order valence-corrected chi connectivity index (χ4v) is 3.67. The van der Waals surface area contributed by atoms with Gasteiger partial charge in [-0.05, 0) is 49.1 Å². The van der Waals surface area contributed by atoms with Crippen LogP contribution in [0.1, 0.15) is 40.4 Å². The Balaban J connectivity index is 1.54. The molecule has 0 saturated carbocycles. The maximum absolute atomic E-state index is 12.9. The molecule has 0 aliphatic carbocycles. The third-order valence-electron chi connectivity index (χ3n) is 5.18. The molecule has 2 heterocycles. The van der Waals surface area contributed by atoms with Crippen molar-refractivity contribution < 1.29 is 19.1 Å². The molecule has 1 aliphatic rings. The van der Waals surface area contributed by atoms with Gasteiger partial charge in [-0.1, -0.05) is 12.1 Å². The molecule has 0 spiro atoms. The predicted molar refractivity (Wildman–Crippen MR) is 102 cm³/mol. The number of amides is 1. The molecule has 1 N–H and O–H groups in total. The Morgan fingerprint density at radius 3 is 2.81 bits per heavy atom. The van der Waals surface area contributed by atoms with Gasteiger partial charge >= 0.3 is 0 Å². The molecular weight excluding hydrogens is 342 g/mol. The first-order valence-corrected chi connectivity index (χ1v) is 9.11. The highest BCUT2D eigenvalue weighted by Crippen LogP contribution is 2.26. The molecule has 138 valence electrons. The third-order valence-corrected chi connectivity index (χ3v) is 5.18. The van der Waals surface area contributed by atoms with E-state index in [2.05, 4.69) is 0 Å². The Kier molecular flexibility index (Phi) is 4.44. The Bertz CT molecular complexity index is 1030. The highest BCUT2D eigenvalue weighted by molar-refractivity contribution is 5.94. The molecule has 0 atom stereocenters. The van der Waals surface area contributed by atoms with Gasteiger partial charge in [0, 0.05) is 35.7 Å². The Morgan fingerprint density at radius 2 is 2.00 bits per heavy atom. The number of fused-ring (bicyclic) bond motifs is 2. The molecule has 1 aliphatic heterocycles. The molecule has 0 bridgehead atoms. The van der Waals surface area contributed by atoms with Crippen LogP contribution in [-0.2, 0) is 24.2 Å². The number of carbonyl (C=O) groups is 2. The highest BCUT2D eigenvalue weighted by atomic mass is 16.3. The summed E-state index contributed by atoms with van der Waals surface area (Å²) in [5.74, 6) is 0.255. The molecule has 0 radical (unpaired) electrons. The number of carbonyl (C=O) groups excluding carboxylic acids is 2. The number of hydrogen-bond donors (Lipinski definition) is 1. The smallest absolute Gasteiger partial charge is 0.227 e. The summed E-state index contributed by atoms with van der Waals surface area (Å²) in [7, 11) is 0. The molecule has 2 aromatic carbocycles. The summed E-state index contributed by atoms with van der Waals surface area (Å²) in [5, 5.41) is 10.4. The van der Waals surface area contributed by atoms with Crippen LogP contribution in [0.25, 0.3) is 11.0 Å². The molecule has 1 amide bonds. The largest absolute Gasteiger partial charge is 0.508 e. The number of benzene rings is 2. The third kappa shape index (κ3) is 3.45. The number of rotatable bonds is 3. The van der Waals surface area contributed by atoms with E-state index in [1.54, 1.807) is 31.4 Å². The van der Waals surface area contributed by atoms with Gasteiger partial charge < -0.3 is 14.4 Å². The number of phenols is 1. The van der Waals surface area contributed by atoms with Crippen molar-refractivity contribution in [1.82, 2.24) is 4.90 Å². The van der Waals surface area contributed by atoms with Crippen molar-refractivity contribution in [2.24, 2.45) is 0 Å². The summed E-state index contributed by atoms with van der Waals surface area (Å²) in [4.78, 5) is 26.4. The molecule has 1 aromatic heterocycles. The lowest BCUT2D eigenvalue weighted by Crippen LogP contribution is -2.31. The van der Waals surface area contributed by atoms with E-state index in [1.807, 2.05) is 23.1 Å². The Morgan fingerprint density at radius 1 is 1.15 bits per heavy atom. The van der Waals surface area contributed by atoms with Gasteiger partial charge in [-0.15, -0.1) is 0 Å². The molecule has 0 unspecified atom stereocenters. The Labute approximate surface area is 157 Å². The Hall–Kier alpha value is -3.08. The van der Waals surface area contributed by atoms with Crippen LogP contribution in [0.15, 0.2) is 47.1 Å². The maximum Gasteiger partial charge on any atom is 0.227 e. The highest BCUT2D eigenvalue weighted by Gasteiger charge is 2.21. The SMILES string of the molecule is CC(=O)c1ccc2c(c1)CCCN(C(=O)Cc1coc3cc(O)ccc13)C2. The first kappa shape index (κ1) is 17.3. The number of phenolic OH excluding ortho intramolecular Hbond substituents is 1. The normalized spacial score (nSPS) is 14.0. The quantitative estimate of drug-likeness (QED) is 0.718. The minimum absolute atomic E-state index is 0.0502. The fourth-order valence-electron chi connectivity index (χ4n) is 3.67. The topological polar surface area (TPSA) is 70.8 Å². The number of ketones is 1. The molecular formula is C22H21NO4. The zero-order chi connectivity index (χ0) is 19.0. The van der Waals surface area contributed by atoms with Crippen LogP contribution in [0.2, 0.25) is 0 Å². The van der Waals surface area contributed by atoms with Gasteiger partial charge in [-0.25, -0.2) is 0 Å². The summed E-state index contributed by atoms with van der Waals surface area (Å²) < 4.78 is 5.47. The average Bonchev–Trinajstić information content (AvgIpc) is 2.90. The van der Waals surface area contributed by atoms with E-state index in [4.69, 9.17) is 4.42 Å². The van der Waals surface area contributed by atoms with Crippen LogP contribution in [0.5, 0.6) is 5.75 Å². The minimum atomic E-state index is 0.0502. The van der Waals surface area contributed by atoms with Crippen molar-refractivity contribution in [1.29, 1.82) is 0 Å². The zero-order valence-corrected chi connectivity index (χ0v) is 15.2. The van der Waals surface area contributed by atoms with E-state index in [0.717, 1.165) is 40.5 Å². The van der Waals surface area contributed by atoms with Gasteiger partial charge in [0.05, 0.1) is 12.7 Å². The van der Waals surface area contributed by atoms with E-state index in [0.29, 0.717) is 18.7 Å². The zero-order valence-electron chi connectivity index (χ0n) is 15.2. The molecule has 5 heteroatoms. The average molecular weight is 363 g/mol.